The largest absolute Gasteiger partial charge is 0.491 e. The number of nitrogens with zero attached hydrogens (tertiary/aromatic N) is 1. The number of hydrogen-bond acceptors (Lipinski definition) is 3. The van der Waals surface area contributed by atoms with Crippen molar-refractivity contribution in [1.29, 1.82) is 0 Å². The molecular weight excluding hydrogens is 300 g/mol. The van der Waals surface area contributed by atoms with Gasteiger partial charge < -0.3 is 14.4 Å². The van der Waals surface area contributed by atoms with Crippen LogP contribution in [-0.4, -0.2) is 12.1 Å². The molecule has 6 heteroatoms. The summed E-state index contributed by atoms with van der Waals surface area (Å²) >= 11 is 6.11. The second-order valence-corrected chi connectivity index (χ2v) is 5.67. The van der Waals surface area contributed by atoms with Gasteiger partial charge in [0.1, 0.15) is 11.5 Å². The van der Waals surface area contributed by atoms with E-state index in [0.717, 1.165) is 22.2 Å². The van der Waals surface area contributed by atoms with Gasteiger partial charge >= 0.3 is 7.12 Å². The third-order valence-corrected chi connectivity index (χ3v) is 3.95. The van der Waals surface area contributed by atoms with Gasteiger partial charge in [-0.3, -0.25) is 0 Å². The summed E-state index contributed by atoms with van der Waals surface area (Å²) in [6.45, 7) is 11.2. The number of aryl methyl sites for hydroxylation is 2. The molecule has 2 aromatic rings. The molecule has 0 amide bonds. The van der Waals surface area contributed by atoms with Crippen LogP contribution in [-0.2, 0) is 11.3 Å². The first-order chi connectivity index (χ1) is 10.5. The number of rotatable bonds is 2. The van der Waals surface area contributed by atoms with Crippen LogP contribution in [0.3, 0.4) is 0 Å². The third-order valence-electron chi connectivity index (χ3n) is 3.67. The molecule has 0 unspecified atom stereocenters. The summed E-state index contributed by atoms with van der Waals surface area (Å²) in [7, 11) is -0.864. The van der Waals surface area contributed by atoms with Crippen LogP contribution in [0.15, 0.2) is 24.3 Å². The summed E-state index contributed by atoms with van der Waals surface area (Å²) in [6, 6.07) is 7.16. The van der Waals surface area contributed by atoms with Gasteiger partial charge in [0, 0.05) is 0 Å². The van der Waals surface area contributed by atoms with Crippen LogP contribution in [0, 0.1) is 20.4 Å². The van der Waals surface area contributed by atoms with Gasteiger partial charge in [0.05, 0.1) is 18.2 Å². The molecular formula is C16H13BClNO3. The Morgan fingerprint density at radius 2 is 2.05 bits per heavy atom. The zero-order chi connectivity index (χ0) is 15.9. The lowest BCUT2D eigenvalue weighted by molar-refractivity contribution is 0.275. The first-order valence-corrected chi connectivity index (χ1v) is 7.16. The summed E-state index contributed by atoms with van der Waals surface area (Å²) in [5.41, 5.74) is 3.80. The second-order valence-electron chi connectivity index (χ2n) is 5.26. The summed E-state index contributed by atoms with van der Waals surface area (Å²) in [5.74, 6) is 1.26. The van der Waals surface area contributed by atoms with E-state index >= 15 is 0 Å². The number of ether oxygens (including phenoxy) is 1. The van der Waals surface area contributed by atoms with Crippen LogP contribution < -0.4 is 10.2 Å². The van der Waals surface area contributed by atoms with Gasteiger partial charge in [-0.05, 0) is 54.2 Å². The standard InChI is InChI=1S/C16H13BClNO3/c1-9-5-13-11(8-21-17(13)20)6-15(9)22-12-4-10(2)16(19-3)14(18)7-12/h4-7,20H,8H2,1-2H3. The van der Waals surface area contributed by atoms with Gasteiger partial charge in [-0.2, -0.15) is 0 Å². The van der Waals surface area contributed by atoms with Crippen LogP contribution in [0.1, 0.15) is 16.7 Å². The van der Waals surface area contributed by atoms with E-state index in [9.17, 15) is 5.02 Å². The van der Waals surface area contributed by atoms with Crippen LogP contribution in [0.2, 0.25) is 5.02 Å². The molecule has 0 aliphatic carbocycles. The van der Waals surface area contributed by atoms with E-state index in [1.54, 1.807) is 12.1 Å². The molecule has 1 N–H and O–H groups in total. The first kappa shape index (κ1) is 14.9. The predicted octanol–water partition coefficient (Wildman–Crippen LogP) is 3.52. The minimum absolute atomic E-state index is 0.365. The topological polar surface area (TPSA) is 43.0 Å². The van der Waals surface area contributed by atoms with Crippen molar-refractivity contribution in [3.8, 4) is 11.5 Å². The number of hydrogen-bond donors (Lipinski definition) is 1. The Bertz CT molecular complexity index is 778. The SMILES string of the molecule is [C-]#[N+]c1c(C)cc(Oc2cc3c(cc2C)B(O)OC3)cc1Cl. The van der Waals surface area contributed by atoms with Crippen molar-refractivity contribution in [3.63, 3.8) is 0 Å². The Balaban J connectivity index is 1.96. The molecule has 0 atom stereocenters. The molecule has 110 valence electrons. The lowest BCUT2D eigenvalue weighted by atomic mass is 9.79. The van der Waals surface area contributed by atoms with E-state index in [1.165, 1.54) is 0 Å². The van der Waals surface area contributed by atoms with Crippen molar-refractivity contribution in [2.45, 2.75) is 20.5 Å². The highest BCUT2D eigenvalue weighted by Gasteiger charge is 2.28. The van der Waals surface area contributed by atoms with Gasteiger partial charge in [-0.15, -0.1) is 0 Å². The molecule has 22 heavy (non-hydrogen) atoms. The van der Waals surface area contributed by atoms with Crippen LogP contribution in [0.25, 0.3) is 4.85 Å². The van der Waals surface area contributed by atoms with Gasteiger partial charge in [-0.1, -0.05) is 17.7 Å². The molecule has 2 aromatic carbocycles. The van der Waals surface area contributed by atoms with Crippen LogP contribution >= 0.6 is 11.6 Å². The van der Waals surface area contributed by atoms with Gasteiger partial charge in [0.2, 0.25) is 5.69 Å². The van der Waals surface area contributed by atoms with E-state index in [0.29, 0.717) is 28.8 Å². The Morgan fingerprint density at radius 3 is 2.73 bits per heavy atom. The van der Waals surface area contributed by atoms with Crippen LogP contribution in [0.4, 0.5) is 5.69 Å². The molecule has 0 radical (unpaired) electrons. The molecule has 0 spiro atoms. The van der Waals surface area contributed by atoms with E-state index in [-0.39, 0.29) is 0 Å². The number of fused-ring (bicyclic) bond motifs is 1. The minimum Gasteiger partial charge on any atom is -0.457 e. The van der Waals surface area contributed by atoms with E-state index < -0.39 is 7.12 Å². The summed E-state index contributed by atoms with van der Waals surface area (Å²) in [6.07, 6.45) is 0. The fraction of sp³-hybridized carbons (Fsp3) is 0.188. The zero-order valence-electron chi connectivity index (χ0n) is 12.2. The Kier molecular flexibility index (Phi) is 3.84. The van der Waals surface area contributed by atoms with E-state index in [2.05, 4.69) is 4.85 Å². The molecule has 0 saturated heterocycles. The van der Waals surface area contributed by atoms with Gasteiger partial charge in [0.15, 0.2) is 0 Å². The fourth-order valence-electron chi connectivity index (χ4n) is 2.51. The van der Waals surface area contributed by atoms with Gasteiger partial charge in [-0.25, -0.2) is 4.85 Å². The Hall–Kier alpha value is -2.00. The maximum absolute atomic E-state index is 9.71. The number of halogens is 1. The van der Waals surface area contributed by atoms with E-state index in [1.807, 2.05) is 26.0 Å². The second kappa shape index (κ2) is 5.66. The van der Waals surface area contributed by atoms with Crippen molar-refractivity contribution in [3.05, 3.63) is 57.4 Å². The third kappa shape index (κ3) is 2.57. The molecule has 0 bridgehead atoms. The highest BCUT2D eigenvalue weighted by molar-refractivity contribution is 6.61. The molecule has 0 saturated carbocycles. The lowest BCUT2D eigenvalue weighted by Gasteiger charge is -2.12. The normalized spacial score (nSPS) is 13.0. The lowest BCUT2D eigenvalue weighted by Crippen LogP contribution is -2.28. The summed E-state index contributed by atoms with van der Waals surface area (Å²) < 4.78 is 11.1. The Morgan fingerprint density at radius 1 is 1.27 bits per heavy atom. The predicted molar refractivity (Wildman–Crippen MR) is 86.1 cm³/mol. The molecule has 1 heterocycles. The monoisotopic (exact) mass is 313 g/mol. The van der Waals surface area contributed by atoms with Crippen molar-refractivity contribution in [2.75, 3.05) is 0 Å². The molecule has 0 aromatic heterocycles. The quantitative estimate of drug-likeness (QED) is 0.681. The molecule has 4 nitrogen and oxygen atoms in total. The van der Waals surface area contributed by atoms with Crippen molar-refractivity contribution in [2.24, 2.45) is 0 Å². The van der Waals surface area contributed by atoms with Crippen molar-refractivity contribution in [1.82, 2.24) is 0 Å². The maximum atomic E-state index is 9.71. The maximum Gasteiger partial charge on any atom is 0.491 e. The average molecular weight is 314 g/mol. The molecule has 0 fully saturated rings. The highest BCUT2D eigenvalue weighted by atomic mass is 35.5. The zero-order valence-corrected chi connectivity index (χ0v) is 12.9. The minimum atomic E-state index is -0.864. The average Bonchev–Trinajstić information content (AvgIpc) is 2.80. The smallest absolute Gasteiger partial charge is 0.457 e. The molecule has 1 aliphatic rings. The highest BCUT2D eigenvalue weighted by Crippen LogP contribution is 2.36. The van der Waals surface area contributed by atoms with Crippen molar-refractivity contribution < 1.29 is 14.4 Å². The fourth-order valence-corrected chi connectivity index (χ4v) is 2.81. The van der Waals surface area contributed by atoms with Crippen LogP contribution in [0.5, 0.6) is 11.5 Å². The summed E-state index contributed by atoms with van der Waals surface area (Å²) in [4.78, 5) is 3.41. The first-order valence-electron chi connectivity index (χ1n) is 6.78. The Labute approximate surface area is 134 Å². The van der Waals surface area contributed by atoms with Gasteiger partial charge in [0.25, 0.3) is 0 Å². The van der Waals surface area contributed by atoms with Crippen molar-refractivity contribution >= 4 is 29.9 Å². The molecule has 1 aliphatic heterocycles. The molecule has 3 rings (SSSR count). The number of benzene rings is 2. The van der Waals surface area contributed by atoms with E-state index in [4.69, 9.17) is 27.6 Å². The summed E-state index contributed by atoms with van der Waals surface area (Å²) in [5, 5.41) is 10.1.